The number of aromatic nitrogens is 2. The summed E-state index contributed by atoms with van der Waals surface area (Å²) in [5.41, 5.74) is 1.37. The minimum absolute atomic E-state index is 0.0525. The molecular formula is C24H28N4O4S. The number of rotatable bonds is 10. The molecule has 0 fully saturated rings. The van der Waals surface area contributed by atoms with E-state index in [1.165, 1.54) is 18.4 Å². The van der Waals surface area contributed by atoms with Gasteiger partial charge in [-0.3, -0.25) is 9.59 Å². The van der Waals surface area contributed by atoms with Crippen molar-refractivity contribution in [2.45, 2.75) is 32.7 Å². The highest BCUT2D eigenvalue weighted by Gasteiger charge is 2.24. The Kier molecular flexibility index (Phi) is 8.37. The Hall–Kier alpha value is -3.46. The third kappa shape index (κ3) is 6.07. The monoisotopic (exact) mass is 468 g/mol. The lowest BCUT2D eigenvalue weighted by Crippen LogP contribution is -2.40. The van der Waals surface area contributed by atoms with Gasteiger partial charge in [-0.25, -0.2) is 0 Å². The summed E-state index contributed by atoms with van der Waals surface area (Å²) in [6.07, 6.45) is 0.886. The molecule has 0 saturated carbocycles. The molecule has 0 aliphatic carbocycles. The highest BCUT2D eigenvalue weighted by molar-refractivity contribution is 7.18. The minimum Gasteiger partial charge on any atom is -0.497 e. The summed E-state index contributed by atoms with van der Waals surface area (Å²) in [4.78, 5) is 27.6. The van der Waals surface area contributed by atoms with Crippen LogP contribution in [-0.4, -0.2) is 53.7 Å². The topological polar surface area (TPSA) is 93.7 Å². The molecule has 3 rings (SSSR count). The van der Waals surface area contributed by atoms with E-state index < -0.39 is 0 Å². The first-order valence-electron chi connectivity index (χ1n) is 10.7. The van der Waals surface area contributed by atoms with E-state index in [0.29, 0.717) is 22.2 Å². The Morgan fingerprint density at radius 1 is 1.09 bits per heavy atom. The maximum atomic E-state index is 13.3. The Balaban J connectivity index is 1.67. The maximum absolute atomic E-state index is 13.3. The number of ether oxygens (including phenoxy) is 2. The molecule has 0 bridgehead atoms. The number of benzene rings is 2. The molecule has 2 aromatic carbocycles. The van der Waals surface area contributed by atoms with Crippen LogP contribution in [0, 0.1) is 0 Å². The van der Waals surface area contributed by atoms with Gasteiger partial charge in [0.2, 0.25) is 11.0 Å². The van der Waals surface area contributed by atoms with Crippen molar-refractivity contribution < 1.29 is 19.1 Å². The summed E-state index contributed by atoms with van der Waals surface area (Å²) in [7, 11) is 3.07. The molecule has 1 aromatic heterocycles. The molecule has 1 heterocycles. The summed E-state index contributed by atoms with van der Waals surface area (Å²) in [5, 5.41) is 12.1. The van der Waals surface area contributed by atoms with E-state index in [2.05, 4.69) is 15.5 Å². The number of amides is 2. The van der Waals surface area contributed by atoms with E-state index in [4.69, 9.17) is 9.47 Å². The number of anilines is 1. The zero-order valence-corrected chi connectivity index (χ0v) is 20.0. The van der Waals surface area contributed by atoms with E-state index in [1.807, 2.05) is 44.2 Å². The smallest absolute Gasteiger partial charge is 0.257 e. The van der Waals surface area contributed by atoms with Crippen molar-refractivity contribution in [3.63, 3.8) is 0 Å². The SMILES string of the molecule is CCC(C)N(CCC(=O)Nc1nnc(-c2ccccc2)s1)C(=O)c1ccc(OC)cc1OC. The lowest BCUT2D eigenvalue weighted by atomic mass is 10.1. The number of hydrogen-bond donors (Lipinski definition) is 1. The first-order chi connectivity index (χ1) is 16.0. The van der Waals surface area contributed by atoms with Crippen LogP contribution < -0.4 is 14.8 Å². The maximum Gasteiger partial charge on any atom is 0.257 e. The van der Waals surface area contributed by atoms with Gasteiger partial charge in [0.15, 0.2) is 0 Å². The van der Waals surface area contributed by atoms with Crippen LogP contribution in [0.5, 0.6) is 11.5 Å². The van der Waals surface area contributed by atoms with Crippen molar-refractivity contribution >= 4 is 28.3 Å². The van der Waals surface area contributed by atoms with Gasteiger partial charge >= 0.3 is 0 Å². The van der Waals surface area contributed by atoms with Crippen LogP contribution in [0.3, 0.4) is 0 Å². The quantitative estimate of drug-likeness (QED) is 0.471. The average Bonchev–Trinajstić information content (AvgIpc) is 3.32. The van der Waals surface area contributed by atoms with Gasteiger partial charge in [-0.15, -0.1) is 10.2 Å². The van der Waals surface area contributed by atoms with Gasteiger partial charge in [0.1, 0.15) is 16.5 Å². The molecule has 1 N–H and O–H groups in total. The third-order valence-corrected chi connectivity index (χ3v) is 6.18. The fraction of sp³-hybridized carbons (Fsp3) is 0.333. The third-order valence-electron chi connectivity index (χ3n) is 5.29. The Morgan fingerprint density at radius 2 is 1.85 bits per heavy atom. The van der Waals surface area contributed by atoms with Crippen LogP contribution >= 0.6 is 11.3 Å². The average molecular weight is 469 g/mol. The second-order valence-electron chi connectivity index (χ2n) is 7.40. The first-order valence-corrected chi connectivity index (χ1v) is 11.5. The Morgan fingerprint density at radius 3 is 2.52 bits per heavy atom. The standard InChI is InChI=1S/C24H28N4O4S/c1-5-16(2)28(23(30)19-12-11-18(31-3)15-20(19)32-4)14-13-21(29)25-24-27-26-22(33-24)17-9-7-6-8-10-17/h6-12,15-16H,5,13-14H2,1-4H3,(H,25,27,29). The highest BCUT2D eigenvalue weighted by atomic mass is 32.1. The molecule has 2 amide bonds. The predicted molar refractivity (Wildman–Crippen MR) is 129 cm³/mol. The van der Waals surface area contributed by atoms with Crippen molar-refractivity contribution in [1.29, 1.82) is 0 Å². The largest absolute Gasteiger partial charge is 0.497 e. The number of hydrogen-bond acceptors (Lipinski definition) is 7. The van der Waals surface area contributed by atoms with Crippen LogP contribution in [0.4, 0.5) is 5.13 Å². The fourth-order valence-corrected chi connectivity index (χ4v) is 4.01. The molecule has 0 spiro atoms. The summed E-state index contributed by atoms with van der Waals surface area (Å²) < 4.78 is 10.6. The molecule has 0 aliphatic rings. The van der Waals surface area contributed by atoms with E-state index in [-0.39, 0.29) is 30.8 Å². The molecule has 33 heavy (non-hydrogen) atoms. The minimum atomic E-state index is -0.228. The van der Waals surface area contributed by atoms with Crippen molar-refractivity contribution in [3.8, 4) is 22.1 Å². The summed E-state index contributed by atoms with van der Waals surface area (Å²) >= 11 is 1.31. The van der Waals surface area contributed by atoms with Gasteiger partial charge in [0.25, 0.3) is 5.91 Å². The van der Waals surface area contributed by atoms with Crippen LogP contribution in [0.25, 0.3) is 10.6 Å². The van der Waals surface area contributed by atoms with Crippen molar-refractivity contribution in [3.05, 3.63) is 54.1 Å². The lowest BCUT2D eigenvalue weighted by molar-refractivity contribution is -0.116. The lowest BCUT2D eigenvalue weighted by Gasteiger charge is -2.29. The number of carbonyl (C=O) groups is 2. The van der Waals surface area contributed by atoms with Crippen LogP contribution in [0.2, 0.25) is 0 Å². The summed E-state index contributed by atoms with van der Waals surface area (Å²) in [6.45, 7) is 4.23. The Labute approximate surface area is 197 Å². The molecule has 1 atom stereocenters. The summed E-state index contributed by atoms with van der Waals surface area (Å²) in [5.74, 6) is 0.608. The molecule has 0 aliphatic heterocycles. The molecule has 8 nitrogen and oxygen atoms in total. The molecule has 0 saturated heterocycles. The van der Waals surface area contributed by atoms with Crippen molar-refractivity contribution in [2.75, 3.05) is 26.1 Å². The van der Waals surface area contributed by atoms with E-state index in [9.17, 15) is 9.59 Å². The molecule has 174 valence electrons. The molecule has 9 heteroatoms. The summed E-state index contributed by atoms with van der Waals surface area (Å²) in [6, 6.07) is 14.7. The predicted octanol–water partition coefficient (Wildman–Crippen LogP) is 4.49. The molecule has 1 unspecified atom stereocenters. The first kappa shape index (κ1) is 24.2. The van der Waals surface area contributed by atoms with Crippen LogP contribution in [-0.2, 0) is 4.79 Å². The number of nitrogens with zero attached hydrogens (tertiary/aromatic N) is 3. The number of methoxy groups -OCH3 is 2. The zero-order valence-electron chi connectivity index (χ0n) is 19.2. The second kappa shape index (κ2) is 11.4. The van der Waals surface area contributed by atoms with Gasteiger partial charge in [-0.1, -0.05) is 48.6 Å². The second-order valence-corrected chi connectivity index (χ2v) is 8.38. The zero-order chi connectivity index (χ0) is 23.8. The van der Waals surface area contributed by atoms with Crippen LogP contribution in [0.1, 0.15) is 37.0 Å². The van der Waals surface area contributed by atoms with Crippen molar-refractivity contribution in [1.82, 2.24) is 15.1 Å². The van der Waals surface area contributed by atoms with Crippen molar-refractivity contribution in [2.24, 2.45) is 0 Å². The normalized spacial score (nSPS) is 11.5. The van der Waals surface area contributed by atoms with Gasteiger partial charge in [-0.05, 0) is 25.5 Å². The van der Waals surface area contributed by atoms with E-state index in [1.54, 1.807) is 30.2 Å². The number of carbonyl (C=O) groups excluding carboxylic acids is 2. The van der Waals surface area contributed by atoms with E-state index in [0.717, 1.165) is 17.0 Å². The molecule has 0 radical (unpaired) electrons. The van der Waals surface area contributed by atoms with Gasteiger partial charge in [0, 0.05) is 30.6 Å². The van der Waals surface area contributed by atoms with Gasteiger partial charge < -0.3 is 19.7 Å². The number of nitrogens with one attached hydrogen (secondary N) is 1. The molecule has 3 aromatic rings. The highest BCUT2D eigenvalue weighted by Crippen LogP contribution is 2.28. The Bertz CT molecular complexity index is 1090. The molecular weight excluding hydrogens is 440 g/mol. The van der Waals surface area contributed by atoms with Crippen LogP contribution in [0.15, 0.2) is 48.5 Å². The van der Waals surface area contributed by atoms with Gasteiger partial charge in [-0.2, -0.15) is 0 Å². The van der Waals surface area contributed by atoms with Gasteiger partial charge in [0.05, 0.1) is 19.8 Å². The van der Waals surface area contributed by atoms with E-state index >= 15 is 0 Å². The fourth-order valence-electron chi connectivity index (χ4n) is 3.25.